The van der Waals surface area contributed by atoms with E-state index < -0.39 is 39.9 Å². The smallest absolute Gasteiger partial charge is 0.340 e. The molecule has 0 spiro atoms. The lowest BCUT2D eigenvalue weighted by Gasteiger charge is -2.14. The average molecular weight is 476 g/mol. The summed E-state index contributed by atoms with van der Waals surface area (Å²) in [5, 5.41) is 0. The number of ether oxygens (including phenoxy) is 2. The summed E-state index contributed by atoms with van der Waals surface area (Å²) in [6, 6.07) is 5.18. The Morgan fingerprint density at radius 2 is 1.79 bits per heavy atom. The predicted molar refractivity (Wildman–Crippen MR) is 119 cm³/mol. The van der Waals surface area contributed by atoms with Crippen molar-refractivity contribution in [3.63, 3.8) is 0 Å². The number of ketones is 1. The molecule has 1 aliphatic heterocycles. The van der Waals surface area contributed by atoms with E-state index in [1.807, 2.05) is 0 Å². The van der Waals surface area contributed by atoms with E-state index in [1.54, 1.807) is 39.0 Å². The van der Waals surface area contributed by atoms with Gasteiger partial charge in [-0.1, -0.05) is 12.1 Å². The van der Waals surface area contributed by atoms with Gasteiger partial charge in [0.25, 0.3) is 10.0 Å². The molecule has 1 aromatic carbocycles. The highest BCUT2D eigenvalue weighted by Crippen LogP contribution is 2.23. The van der Waals surface area contributed by atoms with E-state index in [0.717, 1.165) is 0 Å². The zero-order valence-electron chi connectivity index (χ0n) is 18.9. The lowest BCUT2D eigenvalue weighted by Crippen LogP contribution is -2.31. The van der Waals surface area contributed by atoms with Gasteiger partial charge in [0, 0.05) is 11.3 Å². The Bertz CT molecular complexity index is 1260. The van der Waals surface area contributed by atoms with Crippen molar-refractivity contribution in [2.75, 3.05) is 6.61 Å². The molecule has 0 aliphatic carbocycles. The number of benzene rings is 1. The molecule has 0 fully saturated rings. The number of aryl methyl sites for hydroxylation is 1. The van der Waals surface area contributed by atoms with E-state index >= 15 is 0 Å². The van der Waals surface area contributed by atoms with Crippen LogP contribution >= 0.6 is 0 Å². The predicted octanol–water partition coefficient (Wildman–Crippen LogP) is 2.05. The first-order valence-electron chi connectivity index (χ1n) is 10.3. The average Bonchev–Trinajstić information content (AvgIpc) is 3.19. The fraction of sp³-hybridized carbons (Fsp3) is 0.364. The van der Waals surface area contributed by atoms with Crippen LogP contribution in [0.3, 0.4) is 0 Å². The molecule has 2 aromatic rings. The third-order valence-electron chi connectivity index (χ3n) is 5.15. The second kappa shape index (κ2) is 9.18. The Labute approximate surface area is 191 Å². The van der Waals surface area contributed by atoms with Crippen molar-refractivity contribution in [3.8, 4) is 0 Å². The van der Waals surface area contributed by atoms with Gasteiger partial charge >= 0.3 is 11.9 Å². The van der Waals surface area contributed by atoms with Crippen LogP contribution < -0.4 is 4.72 Å². The summed E-state index contributed by atoms with van der Waals surface area (Å²) >= 11 is 0. The highest BCUT2D eigenvalue weighted by atomic mass is 32.2. The van der Waals surface area contributed by atoms with Crippen molar-refractivity contribution in [1.29, 1.82) is 0 Å². The molecule has 1 aliphatic rings. The molecule has 1 aromatic heterocycles. The van der Waals surface area contributed by atoms with Crippen molar-refractivity contribution in [2.45, 2.75) is 51.7 Å². The van der Waals surface area contributed by atoms with E-state index in [-0.39, 0.29) is 28.6 Å². The summed E-state index contributed by atoms with van der Waals surface area (Å²) < 4.78 is 37.0. The molecule has 0 amide bonds. The minimum atomic E-state index is -3.75. The maximum atomic E-state index is 12.9. The van der Waals surface area contributed by atoms with Crippen LogP contribution in [0.1, 0.15) is 58.4 Å². The molecule has 3 rings (SSSR count). The number of nitrogens with one attached hydrogen (secondary N) is 2. The summed E-state index contributed by atoms with van der Waals surface area (Å²) in [5.41, 5.74) is 1.65. The van der Waals surface area contributed by atoms with Gasteiger partial charge in [-0.25, -0.2) is 18.0 Å². The third-order valence-corrected chi connectivity index (χ3v) is 6.55. The number of hydrogen-bond donors (Lipinski definition) is 2. The second-order valence-corrected chi connectivity index (χ2v) is 9.19. The molecule has 0 radical (unpaired) electrons. The van der Waals surface area contributed by atoms with Crippen LogP contribution in [-0.4, -0.2) is 55.7 Å². The molecule has 2 N–H and O–H groups in total. The van der Waals surface area contributed by atoms with Crippen LogP contribution in [0.2, 0.25) is 0 Å². The monoisotopic (exact) mass is 475 g/mol. The van der Waals surface area contributed by atoms with Gasteiger partial charge in [-0.2, -0.15) is 0 Å². The fourth-order valence-corrected chi connectivity index (χ4v) is 4.75. The number of esters is 2. The number of sulfonamides is 1. The molecule has 33 heavy (non-hydrogen) atoms. The molecular formula is C22H25N3O7S. The van der Waals surface area contributed by atoms with Crippen molar-refractivity contribution >= 4 is 33.6 Å². The van der Waals surface area contributed by atoms with Gasteiger partial charge in [-0.05, 0) is 52.3 Å². The molecule has 176 valence electrons. The first kappa shape index (κ1) is 24.2. The van der Waals surface area contributed by atoms with E-state index in [4.69, 9.17) is 9.47 Å². The maximum Gasteiger partial charge on any atom is 0.340 e. The Hall–Kier alpha value is -3.47. The van der Waals surface area contributed by atoms with E-state index in [2.05, 4.69) is 14.7 Å². The lowest BCUT2D eigenvalue weighted by molar-refractivity contribution is -0.147. The maximum absolute atomic E-state index is 12.9. The molecule has 11 heteroatoms. The molecule has 0 unspecified atom stereocenters. The zero-order chi connectivity index (χ0) is 24.5. The summed E-state index contributed by atoms with van der Waals surface area (Å²) in [4.78, 5) is 44.7. The summed E-state index contributed by atoms with van der Waals surface area (Å²) in [6.07, 6.45) is -1.17. The molecule has 0 bridgehead atoms. The lowest BCUT2D eigenvalue weighted by atomic mass is 10.1. The molecule has 2 atom stereocenters. The highest BCUT2D eigenvalue weighted by molar-refractivity contribution is 7.90. The van der Waals surface area contributed by atoms with E-state index in [9.17, 15) is 22.8 Å². The largest absolute Gasteiger partial charge is 0.462 e. The van der Waals surface area contributed by atoms with Crippen molar-refractivity contribution in [1.82, 2.24) is 9.71 Å². The van der Waals surface area contributed by atoms with Crippen molar-refractivity contribution in [2.24, 2.45) is 4.99 Å². The molecule has 0 saturated heterocycles. The van der Waals surface area contributed by atoms with Crippen LogP contribution in [0.25, 0.3) is 0 Å². The number of aliphatic imine (C=N–C) groups is 1. The number of amidine groups is 1. The number of carbonyl (C=O) groups excluding carboxylic acids is 3. The normalized spacial score (nSPS) is 17.1. The van der Waals surface area contributed by atoms with Gasteiger partial charge in [0.05, 0.1) is 22.8 Å². The molecular weight excluding hydrogens is 450 g/mol. The van der Waals surface area contributed by atoms with Gasteiger partial charge < -0.3 is 14.5 Å². The summed E-state index contributed by atoms with van der Waals surface area (Å²) in [7, 11) is -3.75. The minimum Gasteiger partial charge on any atom is -0.462 e. The van der Waals surface area contributed by atoms with Crippen LogP contribution in [0.15, 0.2) is 34.2 Å². The summed E-state index contributed by atoms with van der Waals surface area (Å²) in [5.74, 6) is -1.84. The number of hydrogen-bond acceptors (Lipinski definition) is 8. The number of rotatable bonds is 7. The quantitative estimate of drug-likeness (QED) is 0.461. The number of aromatic nitrogens is 1. The topological polar surface area (TPSA) is 144 Å². The Balaban J connectivity index is 1.75. The fourth-order valence-electron chi connectivity index (χ4n) is 3.51. The Morgan fingerprint density at radius 1 is 1.12 bits per heavy atom. The second-order valence-electron chi connectivity index (χ2n) is 7.54. The number of Topliss-reactive ketones (excluding diaryl/α,β-unsaturated/α-hetero) is 1. The van der Waals surface area contributed by atoms with Crippen LogP contribution in [0.5, 0.6) is 0 Å². The van der Waals surface area contributed by atoms with E-state index in [0.29, 0.717) is 16.8 Å². The van der Waals surface area contributed by atoms with Crippen molar-refractivity contribution < 1.29 is 32.3 Å². The number of carbonyl (C=O) groups is 3. The highest BCUT2D eigenvalue weighted by Gasteiger charge is 2.32. The van der Waals surface area contributed by atoms with Gasteiger partial charge in [0.15, 0.2) is 6.10 Å². The number of aromatic amines is 1. The first-order valence-corrected chi connectivity index (χ1v) is 11.8. The first-order chi connectivity index (χ1) is 15.5. The van der Waals surface area contributed by atoms with Crippen LogP contribution in [-0.2, 0) is 24.3 Å². The van der Waals surface area contributed by atoms with Gasteiger partial charge in [-0.15, -0.1) is 0 Å². The van der Waals surface area contributed by atoms with Crippen molar-refractivity contribution in [3.05, 3.63) is 52.3 Å². The SMILES string of the molecule is CCOC(=O)c1c(C)[nH]c(C(=O)[C@H](C)OC(=O)[C@@H](C)N=C2NS(=O)(=O)c3ccccc32)c1C. The minimum absolute atomic E-state index is 0.0314. The van der Waals surface area contributed by atoms with Gasteiger partial charge in [0.1, 0.15) is 11.9 Å². The number of fused-ring (bicyclic) bond motifs is 1. The van der Waals surface area contributed by atoms with Gasteiger partial charge in [-0.3, -0.25) is 14.5 Å². The zero-order valence-corrected chi connectivity index (χ0v) is 19.7. The number of nitrogens with zero attached hydrogens (tertiary/aromatic N) is 1. The molecule has 0 saturated carbocycles. The standard InChI is InChI=1S/C22H25N3O7S/c1-6-31-22(28)17-11(2)18(23-12(17)3)19(26)14(5)32-21(27)13(4)24-20-15-9-7-8-10-16(15)33(29,30)25-20/h7-10,13-14,23H,6H2,1-5H3,(H,24,25)/t13-,14+/m1/s1. The Kier molecular flexibility index (Phi) is 6.73. The molecule has 2 heterocycles. The number of H-pyrrole nitrogens is 1. The van der Waals surface area contributed by atoms with Crippen LogP contribution in [0.4, 0.5) is 0 Å². The Morgan fingerprint density at radius 3 is 2.45 bits per heavy atom. The third kappa shape index (κ3) is 4.68. The van der Waals surface area contributed by atoms with Gasteiger partial charge in [0.2, 0.25) is 5.78 Å². The van der Waals surface area contributed by atoms with Crippen LogP contribution in [0, 0.1) is 13.8 Å². The summed E-state index contributed by atoms with van der Waals surface area (Å²) in [6.45, 7) is 7.97. The molecule has 10 nitrogen and oxygen atoms in total. The van der Waals surface area contributed by atoms with E-state index in [1.165, 1.54) is 19.9 Å².